The summed E-state index contributed by atoms with van der Waals surface area (Å²) in [6.07, 6.45) is 62.6. The predicted octanol–water partition coefficient (Wildman–Crippen LogP) is 16.5. The molecule has 0 saturated heterocycles. The molecule has 0 aliphatic heterocycles. The molecule has 0 aromatic carbocycles. The molecule has 0 rings (SSSR count). The van der Waals surface area contributed by atoms with Crippen LogP contribution >= 0.6 is 0 Å². The van der Waals surface area contributed by atoms with Gasteiger partial charge in [0.15, 0.2) is 0 Å². The number of carbonyl (C=O) groups is 2. The molecule has 2 atom stereocenters. The van der Waals surface area contributed by atoms with Gasteiger partial charge in [-0.1, -0.05) is 230 Å². The lowest BCUT2D eigenvalue weighted by molar-refractivity contribution is -0.143. The van der Waals surface area contributed by atoms with Crippen LogP contribution in [0, 0.1) is 0 Å². The summed E-state index contributed by atoms with van der Waals surface area (Å²) in [5.41, 5.74) is 0. The topological polar surface area (TPSA) is 95.9 Å². The molecule has 0 radical (unpaired) electrons. The Hall–Kier alpha value is -1.92. The summed E-state index contributed by atoms with van der Waals surface area (Å²) in [5.74, 6) is -0.109. The Kier molecular flexibility index (Phi) is 50.1. The first-order chi connectivity index (χ1) is 30.5. The highest BCUT2D eigenvalue weighted by molar-refractivity contribution is 5.76. The summed E-state index contributed by atoms with van der Waals surface area (Å²) in [5, 5.41) is 23.3. The highest BCUT2D eigenvalue weighted by Gasteiger charge is 2.20. The molecular weight excluding hydrogens is 767 g/mol. The normalized spacial score (nSPS) is 12.9. The Morgan fingerprint density at radius 3 is 1.29 bits per heavy atom. The summed E-state index contributed by atoms with van der Waals surface area (Å²) in [6, 6.07) is -0.564. The molecule has 0 spiro atoms. The molecule has 0 heterocycles. The minimum atomic E-state index is -0.684. The zero-order valence-electron chi connectivity index (χ0n) is 41.4. The number of aliphatic hydroxyl groups excluding tert-OH is 2. The van der Waals surface area contributed by atoms with Crippen molar-refractivity contribution >= 4 is 11.9 Å². The predicted molar refractivity (Wildman–Crippen MR) is 269 cm³/mol. The van der Waals surface area contributed by atoms with Crippen LogP contribution in [0.2, 0.25) is 0 Å². The molecule has 0 saturated carbocycles. The van der Waals surface area contributed by atoms with Crippen molar-refractivity contribution in [1.29, 1.82) is 0 Å². The van der Waals surface area contributed by atoms with Gasteiger partial charge in [0.05, 0.1) is 25.4 Å². The van der Waals surface area contributed by atoms with Crippen LogP contribution in [-0.4, -0.2) is 47.4 Å². The molecule has 1 amide bonds. The van der Waals surface area contributed by atoms with Crippen LogP contribution in [0.1, 0.15) is 284 Å². The van der Waals surface area contributed by atoms with Gasteiger partial charge in [-0.2, -0.15) is 0 Å². The Morgan fingerprint density at radius 2 is 0.823 bits per heavy atom. The Balaban J connectivity index is 3.52. The smallest absolute Gasteiger partial charge is 0.305 e. The number of aliphatic hydroxyl groups is 2. The number of unbranched alkanes of at least 4 members (excludes halogenated alkanes) is 33. The van der Waals surface area contributed by atoms with Gasteiger partial charge in [-0.05, 0) is 77.0 Å². The summed E-state index contributed by atoms with van der Waals surface area (Å²) in [4.78, 5) is 24.5. The largest absolute Gasteiger partial charge is 0.466 e. The number of hydrogen-bond donors (Lipinski definition) is 3. The molecule has 0 aromatic rings. The lowest BCUT2D eigenvalue weighted by Gasteiger charge is -2.22. The van der Waals surface area contributed by atoms with Gasteiger partial charge < -0.3 is 20.3 Å². The van der Waals surface area contributed by atoms with E-state index < -0.39 is 12.1 Å². The minimum Gasteiger partial charge on any atom is -0.466 e. The van der Waals surface area contributed by atoms with Crippen molar-refractivity contribution in [2.45, 2.75) is 296 Å². The highest BCUT2D eigenvalue weighted by Crippen LogP contribution is 2.17. The van der Waals surface area contributed by atoms with Crippen molar-refractivity contribution in [3.05, 3.63) is 36.5 Å². The van der Waals surface area contributed by atoms with Crippen LogP contribution in [0.5, 0.6) is 0 Å². The number of hydrogen-bond acceptors (Lipinski definition) is 5. The van der Waals surface area contributed by atoms with Gasteiger partial charge in [0.2, 0.25) is 5.91 Å². The van der Waals surface area contributed by atoms with Crippen LogP contribution in [0.25, 0.3) is 0 Å². The second-order valence-corrected chi connectivity index (χ2v) is 18.6. The molecule has 2 unspecified atom stereocenters. The zero-order chi connectivity index (χ0) is 45.1. The van der Waals surface area contributed by atoms with Gasteiger partial charge in [0.1, 0.15) is 0 Å². The lowest BCUT2D eigenvalue weighted by Crippen LogP contribution is -2.45. The van der Waals surface area contributed by atoms with E-state index in [0.717, 1.165) is 96.3 Å². The summed E-state index contributed by atoms with van der Waals surface area (Å²) >= 11 is 0. The first kappa shape index (κ1) is 60.1. The van der Waals surface area contributed by atoms with Gasteiger partial charge in [-0.25, -0.2) is 0 Å². The number of carbonyl (C=O) groups excluding carboxylic acids is 2. The van der Waals surface area contributed by atoms with Crippen LogP contribution < -0.4 is 5.32 Å². The molecule has 364 valence electrons. The number of nitrogens with one attached hydrogen (secondary N) is 1. The van der Waals surface area contributed by atoms with E-state index >= 15 is 0 Å². The van der Waals surface area contributed by atoms with Crippen LogP contribution in [0.15, 0.2) is 36.5 Å². The fraction of sp³-hybridized carbons (Fsp3) is 0.857. The lowest BCUT2D eigenvalue weighted by atomic mass is 10.0. The Labute approximate surface area is 385 Å². The molecule has 0 aromatic heterocycles. The van der Waals surface area contributed by atoms with E-state index in [4.69, 9.17) is 4.74 Å². The molecule has 62 heavy (non-hydrogen) atoms. The highest BCUT2D eigenvalue weighted by atomic mass is 16.5. The van der Waals surface area contributed by atoms with E-state index in [1.165, 1.54) is 154 Å². The SMILES string of the molecule is CCCC/C=C\C/C=C\CCCCCCCC(=O)OCCCC/C=C\CCCCCCCC(=O)NC(CO)C(O)CCCCCCCCCCCCCCCCCCCCCC. The van der Waals surface area contributed by atoms with E-state index in [-0.39, 0.29) is 18.5 Å². The average Bonchev–Trinajstić information content (AvgIpc) is 3.27. The first-order valence-corrected chi connectivity index (χ1v) is 27.2. The van der Waals surface area contributed by atoms with Crippen molar-refractivity contribution in [3.63, 3.8) is 0 Å². The van der Waals surface area contributed by atoms with Crippen molar-refractivity contribution in [1.82, 2.24) is 5.32 Å². The zero-order valence-corrected chi connectivity index (χ0v) is 41.4. The summed E-state index contributed by atoms with van der Waals surface area (Å²) in [6.45, 7) is 4.83. The van der Waals surface area contributed by atoms with Crippen LogP contribution in [0.3, 0.4) is 0 Å². The van der Waals surface area contributed by atoms with Crippen LogP contribution in [-0.2, 0) is 14.3 Å². The Bertz CT molecular complexity index is 1010. The molecule has 6 heteroatoms. The third-order valence-corrected chi connectivity index (χ3v) is 12.4. The van der Waals surface area contributed by atoms with E-state index in [9.17, 15) is 19.8 Å². The van der Waals surface area contributed by atoms with Gasteiger partial charge in [0, 0.05) is 12.8 Å². The summed E-state index contributed by atoms with van der Waals surface area (Å²) < 4.78 is 5.43. The number of ether oxygens (including phenoxy) is 1. The van der Waals surface area contributed by atoms with Gasteiger partial charge >= 0.3 is 5.97 Å². The van der Waals surface area contributed by atoms with Crippen molar-refractivity contribution in [2.75, 3.05) is 13.2 Å². The quantitative estimate of drug-likeness (QED) is 0.0321. The molecule has 0 aliphatic rings. The van der Waals surface area contributed by atoms with Gasteiger partial charge in [-0.3, -0.25) is 9.59 Å². The van der Waals surface area contributed by atoms with Gasteiger partial charge in [0.25, 0.3) is 0 Å². The maximum Gasteiger partial charge on any atom is 0.305 e. The number of esters is 1. The third kappa shape index (κ3) is 47.6. The monoisotopic (exact) mass is 872 g/mol. The maximum atomic E-state index is 12.5. The standard InChI is InChI=1S/C56H105NO5/c1-3-5-7-9-11-13-15-17-19-20-21-22-23-24-25-28-32-36-40-44-48-54(59)53(52-58)57-55(60)49-45-41-37-33-29-27-31-35-39-43-47-51-62-56(61)50-46-42-38-34-30-26-18-16-14-12-10-8-6-4-2/h10,12,16,18,31,35,53-54,58-59H,3-9,11,13-15,17,19-30,32-34,36-52H2,1-2H3,(H,57,60)/b12-10-,18-16-,35-31-. The molecule has 6 nitrogen and oxygen atoms in total. The van der Waals surface area contributed by atoms with Crippen molar-refractivity contribution < 1.29 is 24.5 Å². The number of amides is 1. The van der Waals surface area contributed by atoms with E-state index in [1.807, 2.05) is 0 Å². The van der Waals surface area contributed by atoms with E-state index in [1.54, 1.807) is 0 Å². The molecule has 0 bridgehead atoms. The van der Waals surface area contributed by atoms with E-state index in [2.05, 4.69) is 55.6 Å². The Morgan fingerprint density at radius 1 is 0.452 bits per heavy atom. The fourth-order valence-corrected chi connectivity index (χ4v) is 8.18. The third-order valence-electron chi connectivity index (χ3n) is 12.4. The minimum absolute atomic E-state index is 0.0457. The van der Waals surface area contributed by atoms with E-state index in [0.29, 0.717) is 25.9 Å². The van der Waals surface area contributed by atoms with Crippen molar-refractivity contribution in [2.24, 2.45) is 0 Å². The molecule has 3 N–H and O–H groups in total. The fourth-order valence-electron chi connectivity index (χ4n) is 8.18. The first-order valence-electron chi connectivity index (χ1n) is 27.2. The molecule has 0 aliphatic carbocycles. The second kappa shape index (κ2) is 51.7. The molecule has 0 fully saturated rings. The maximum absolute atomic E-state index is 12.5. The van der Waals surface area contributed by atoms with Crippen molar-refractivity contribution in [3.8, 4) is 0 Å². The van der Waals surface area contributed by atoms with Crippen LogP contribution in [0.4, 0.5) is 0 Å². The number of rotatable bonds is 50. The average molecular weight is 872 g/mol. The number of allylic oxidation sites excluding steroid dienone is 6. The van der Waals surface area contributed by atoms with Gasteiger partial charge in [-0.15, -0.1) is 0 Å². The molecular formula is C56H105NO5. The second-order valence-electron chi connectivity index (χ2n) is 18.6. The summed E-state index contributed by atoms with van der Waals surface area (Å²) in [7, 11) is 0.